The second kappa shape index (κ2) is 23.0. The Bertz CT molecular complexity index is 2550. The quantitative estimate of drug-likeness (QED) is 0.0802. The summed E-state index contributed by atoms with van der Waals surface area (Å²) in [6.45, 7) is 3.95. The molecule has 0 saturated heterocycles. The molecule has 304 valence electrons. The summed E-state index contributed by atoms with van der Waals surface area (Å²) in [6, 6.07) is 26.9. The predicted molar refractivity (Wildman–Crippen MR) is 231 cm³/mol. The number of aromatic nitrogens is 4. The van der Waals surface area contributed by atoms with Crippen molar-refractivity contribution < 1.29 is 33.8 Å². The first kappa shape index (κ1) is 46.0. The van der Waals surface area contributed by atoms with Crippen molar-refractivity contribution in [2.24, 2.45) is 5.73 Å². The first-order valence-electron chi connectivity index (χ1n) is 17.5. The number of hydrogen-bond acceptors (Lipinski definition) is 13. The van der Waals surface area contributed by atoms with Crippen LogP contribution in [0.5, 0.6) is 0 Å². The normalized spacial score (nSPS) is 10.3. The molecule has 0 bridgehead atoms. The number of nitrogens with two attached hydrogens (primary N) is 1. The maximum absolute atomic E-state index is 12.1. The van der Waals surface area contributed by atoms with Crippen molar-refractivity contribution in [2.45, 2.75) is 24.2 Å². The average molecular weight is 965 g/mol. The van der Waals surface area contributed by atoms with Gasteiger partial charge in [0.05, 0.1) is 78.3 Å². The number of halogens is 2. The van der Waals surface area contributed by atoms with Crippen molar-refractivity contribution in [3.8, 4) is 23.5 Å². The van der Waals surface area contributed by atoms with Crippen LogP contribution in [0.15, 0.2) is 105 Å². The smallest absolute Gasteiger partial charge is 0.325 e. The largest absolute Gasteiger partial charge is 0.481 e. The molecule has 0 aliphatic rings. The van der Waals surface area contributed by atoms with Gasteiger partial charge >= 0.3 is 17.9 Å². The van der Waals surface area contributed by atoms with Crippen LogP contribution < -0.4 is 11.1 Å². The molecule has 4 N–H and O–H groups in total. The van der Waals surface area contributed by atoms with Crippen LogP contribution in [-0.2, 0) is 28.7 Å². The minimum absolute atomic E-state index is 0.0200. The number of nitrogens with one attached hydrogen (secondary N) is 1. The van der Waals surface area contributed by atoms with Gasteiger partial charge in [0, 0.05) is 21.5 Å². The molecule has 0 spiro atoms. The molecule has 15 nitrogen and oxygen atoms in total. The van der Waals surface area contributed by atoms with Gasteiger partial charge in [0.25, 0.3) is 0 Å². The minimum Gasteiger partial charge on any atom is -0.481 e. The summed E-state index contributed by atoms with van der Waals surface area (Å²) in [5.74, 6) is -1.99. The van der Waals surface area contributed by atoms with Gasteiger partial charge in [-0.15, -0.1) is 0 Å². The number of fused-ring (bicyclic) bond motifs is 2. The monoisotopic (exact) mass is 962 g/mol. The van der Waals surface area contributed by atoms with Crippen molar-refractivity contribution in [2.75, 3.05) is 37.8 Å². The van der Waals surface area contributed by atoms with Crippen LogP contribution in [0.2, 0.25) is 0 Å². The number of hydrogen-bond donors (Lipinski definition) is 3. The molecule has 4 aromatic carbocycles. The van der Waals surface area contributed by atoms with E-state index in [1.165, 1.54) is 11.8 Å². The second-order valence-electron chi connectivity index (χ2n) is 11.5. The molecule has 2 aromatic heterocycles. The molecule has 6 aromatic rings. The molecule has 0 unspecified atom stereocenters. The number of esters is 2. The third-order valence-corrected chi connectivity index (χ3v) is 10.8. The van der Waals surface area contributed by atoms with Crippen molar-refractivity contribution in [3.05, 3.63) is 106 Å². The summed E-state index contributed by atoms with van der Waals surface area (Å²) >= 11 is 9.36. The van der Waals surface area contributed by atoms with Gasteiger partial charge in [-0.05, 0) is 70.0 Å². The van der Waals surface area contributed by atoms with E-state index in [1.807, 2.05) is 69.8 Å². The summed E-state index contributed by atoms with van der Waals surface area (Å²) in [5.41, 5.74) is 7.76. The van der Waals surface area contributed by atoms with Gasteiger partial charge in [-0.3, -0.25) is 28.3 Å². The van der Waals surface area contributed by atoms with Gasteiger partial charge in [0.1, 0.15) is 15.8 Å². The summed E-state index contributed by atoms with van der Waals surface area (Å²) in [5, 5.41) is 34.7. The number of amides is 1. The van der Waals surface area contributed by atoms with E-state index < -0.39 is 11.9 Å². The van der Waals surface area contributed by atoms with Crippen molar-refractivity contribution in [1.29, 1.82) is 10.5 Å². The van der Waals surface area contributed by atoms with Crippen molar-refractivity contribution in [1.82, 2.24) is 24.4 Å². The predicted octanol–water partition coefficient (Wildman–Crippen LogP) is 6.78. The molecule has 0 aliphatic heterocycles. The van der Waals surface area contributed by atoms with E-state index in [2.05, 4.69) is 64.0 Å². The molecule has 0 radical (unpaired) electrons. The molecule has 2 heterocycles. The summed E-state index contributed by atoms with van der Waals surface area (Å²) in [4.78, 5) is 52.9. The van der Waals surface area contributed by atoms with E-state index in [0.29, 0.717) is 28.0 Å². The van der Waals surface area contributed by atoms with E-state index in [0.717, 1.165) is 53.9 Å². The van der Waals surface area contributed by atoms with E-state index in [-0.39, 0.29) is 43.1 Å². The Balaban J connectivity index is 0.000000229. The first-order chi connectivity index (χ1) is 28.5. The van der Waals surface area contributed by atoms with E-state index >= 15 is 0 Å². The number of thioether (sulfide) groups is 2. The molecular weight excluding hydrogens is 928 g/mol. The fourth-order valence-electron chi connectivity index (χ4n) is 5.33. The van der Waals surface area contributed by atoms with Crippen LogP contribution in [0.1, 0.15) is 25.0 Å². The number of nitrogens with zero attached hydrogens (tertiary/aromatic N) is 6. The maximum atomic E-state index is 12.1. The molecule has 1 amide bonds. The van der Waals surface area contributed by atoms with Crippen molar-refractivity contribution in [3.63, 3.8) is 0 Å². The van der Waals surface area contributed by atoms with Crippen LogP contribution in [0.3, 0.4) is 0 Å². The Morgan fingerprint density at radius 2 is 1.17 bits per heavy atom. The standard InChI is InChI=1S/C20H17BrN4O3S.C16H10BrN3O2S.C4H9NO2/c1-2-28-19(27)11-23-18(26)12-29-20-24-10-17(21)25(20)16-8-7-13(9-22)14-5-3-4-6-15(14)16;17-14-8-19-16(23-9-15(21)22)20(14)13-6-5-10(7-18)11-3-1-2-4-12(11)13;1-2-7-4(6)3-5/h3-8,10H,2,11-12H2,1H3,(H,23,26);1-6,8H,9H2,(H,21,22);2-3,5H2,1H3. The number of carboxylic acid groups (broad SMARTS) is 1. The van der Waals surface area contributed by atoms with Gasteiger partial charge in [0.2, 0.25) is 5.91 Å². The van der Waals surface area contributed by atoms with Crippen LogP contribution in [0.4, 0.5) is 0 Å². The Hall–Kier alpha value is -5.70. The molecular formula is C40H36Br2N8O7S2. The Morgan fingerprint density at radius 3 is 1.58 bits per heavy atom. The SMILES string of the molecule is CCOC(=O)CN.CCOC(=O)CNC(=O)CSc1ncc(Br)n1-c1ccc(C#N)c2ccccc12.N#Cc1ccc(-n2c(Br)cnc2SCC(=O)O)c2ccccc12. The molecule has 19 heteroatoms. The fourth-order valence-corrected chi connectivity index (χ4v) is 8.01. The Kier molecular flexibility index (Phi) is 18.0. The number of carbonyl (C=O) groups is 4. The van der Waals surface area contributed by atoms with Crippen molar-refractivity contribution >= 4 is 101 Å². The highest BCUT2D eigenvalue weighted by Crippen LogP contribution is 2.33. The molecule has 59 heavy (non-hydrogen) atoms. The maximum Gasteiger partial charge on any atom is 0.325 e. The van der Waals surface area contributed by atoms with E-state index in [1.54, 1.807) is 38.4 Å². The zero-order valence-electron chi connectivity index (χ0n) is 31.6. The number of benzene rings is 4. The lowest BCUT2D eigenvalue weighted by Crippen LogP contribution is -2.31. The number of carboxylic acids is 1. The van der Waals surface area contributed by atoms with Crippen LogP contribution in [0, 0.1) is 22.7 Å². The van der Waals surface area contributed by atoms with Gasteiger partial charge in [-0.2, -0.15) is 10.5 Å². The average Bonchev–Trinajstić information content (AvgIpc) is 3.81. The number of nitriles is 2. The molecule has 0 fully saturated rings. The van der Waals surface area contributed by atoms with E-state index in [9.17, 15) is 29.7 Å². The summed E-state index contributed by atoms with van der Waals surface area (Å²) < 4.78 is 14.4. The number of aliphatic carboxylic acids is 1. The zero-order chi connectivity index (χ0) is 42.9. The summed E-state index contributed by atoms with van der Waals surface area (Å²) in [7, 11) is 0. The Labute approximate surface area is 364 Å². The molecule has 0 saturated carbocycles. The van der Waals surface area contributed by atoms with Crippen LogP contribution in [-0.4, -0.2) is 85.8 Å². The van der Waals surface area contributed by atoms with Gasteiger partial charge in [-0.1, -0.05) is 72.1 Å². The highest BCUT2D eigenvalue weighted by atomic mass is 79.9. The first-order valence-corrected chi connectivity index (χ1v) is 21.1. The minimum atomic E-state index is -0.898. The topological polar surface area (TPSA) is 228 Å². The van der Waals surface area contributed by atoms with Gasteiger partial charge in [0.15, 0.2) is 10.3 Å². The lowest BCUT2D eigenvalue weighted by atomic mass is 10.0. The molecule has 0 aliphatic carbocycles. The third kappa shape index (κ3) is 12.4. The highest BCUT2D eigenvalue weighted by molar-refractivity contribution is 9.10. The van der Waals surface area contributed by atoms with Crippen LogP contribution in [0.25, 0.3) is 32.9 Å². The third-order valence-electron chi connectivity index (χ3n) is 7.76. The summed E-state index contributed by atoms with van der Waals surface area (Å²) in [6.07, 6.45) is 3.29. The van der Waals surface area contributed by atoms with E-state index in [4.69, 9.17) is 15.6 Å². The fraction of sp³-hybridized carbons (Fsp3) is 0.200. The van der Waals surface area contributed by atoms with Gasteiger partial charge in [-0.25, -0.2) is 9.97 Å². The van der Waals surface area contributed by atoms with Gasteiger partial charge < -0.3 is 25.6 Å². The second-order valence-corrected chi connectivity index (χ2v) is 15.0. The highest BCUT2D eigenvalue weighted by Gasteiger charge is 2.18. The molecule has 0 atom stereocenters. The number of imidazole rings is 2. The number of carbonyl (C=O) groups excluding carboxylic acids is 3. The lowest BCUT2D eigenvalue weighted by molar-refractivity contribution is -0.143. The molecule has 6 rings (SSSR count). The Morgan fingerprint density at radius 1 is 0.729 bits per heavy atom. The lowest BCUT2D eigenvalue weighted by Gasteiger charge is -2.13. The number of ether oxygens (including phenoxy) is 2. The zero-order valence-corrected chi connectivity index (χ0v) is 36.4. The van der Waals surface area contributed by atoms with Crippen LogP contribution >= 0.6 is 55.4 Å². The number of rotatable bonds is 13.